The summed E-state index contributed by atoms with van der Waals surface area (Å²) in [7, 11) is 0. The van der Waals surface area contributed by atoms with E-state index >= 15 is 0 Å². The van der Waals surface area contributed by atoms with Gasteiger partial charge in [-0.1, -0.05) is 88.1 Å². The zero-order chi connectivity index (χ0) is 17.8. The second-order valence-corrected chi connectivity index (χ2v) is 6.59. The Morgan fingerprint density at radius 2 is 1.39 bits per heavy atom. The molecule has 2 unspecified atom stereocenters. The molecule has 0 heteroatoms. The highest BCUT2D eigenvalue weighted by atomic mass is 14.1. The minimum Gasteiger partial charge on any atom is -0.103 e. The molecule has 0 aromatic carbocycles. The third-order valence-electron chi connectivity index (χ3n) is 4.07. The molecule has 0 aliphatic heterocycles. The smallest absolute Gasteiger partial charge is 0.0196 e. The van der Waals surface area contributed by atoms with Gasteiger partial charge in [0.2, 0.25) is 0 Å². The molecule has 2 atom stereocenters. The number of hydrogen-bond acceptors (Lipinski definition) is 0. The molecule has 0 fully saturated rings. The molecule has 0 aromatic heterocycles. The quantitative estimate of drug-likeness (QED) is 0.261. The van der Waals surface area contributed by atoms with E-state index < -0.39 is 0 Å². The first-order valence-electron chi connectivity index (χ1n) is 8.47. The number of hydrogen-bond donors (Lipinski definition) is 0. The van der Waals surface area contributed by atoms with Crippen molar-refractivity contribution < 1.29 is 0 Å². The molecule has 0 aliphatic carbocycles. The maximum absolute atomic E-state index is 4.19. The summed E-state index contributed by atoms with van der Waals surface area (Å²) < 4.78 is 0. The predicted octanol–water partition coefficient (Wildman–Crippen LogP) is 7.36. The van der Waals surface area contributed by atoms with Gasteiger partial charge in [0.25, 0.3) is 0 Å². The fourth-order valence-corrected chi connectivity index (χ4v) is 2.10. The van der Waals surface area contributed by atoms with Crippen molar-refractivity contribution in [2.75, 3.05) is 0 Å². The molecule has 0 nitrogen and oxygen atoms in total. The maximum Gasteiger partial charge on any atom is -0.0196 e. The standard InChI is InChI=1S/C23H34/c1-9-10-11-19(4)13-15-21(6)23(8)17-16-22(7)20(5)14-12-18(2)3/h9,12,14,16-17,19,21H,1-2,5,7-8,10-11,13,15H2,3-4,6H3/b14-12-,17-16-. The van der Waals surface area contributed by atoms with E-state index in [1.165, 1.54) is 19.3 Å². The van der Waals surface area contributed by atoms with Crippen LogP contribution in [0.25, 0.3) is 0 Å². The van der Waals surface area contributed by atoms with Crippen LogP contribution >= 0.6 is 0 Å². The van der Waals surface area contributed by atoms with Gasteiger partial charge < -0.3 is 0 Å². The fourth-order valence-electron chi connectivity index (χ4n) is 2.10. The van der Waals surface area contributed by atoms with Gasteiger partial charge >= 0.3 is 0 Å². The summed E-state index contributed by atoms with van der Waals surface area (Å²) in [5.74, 6) is 1.23. The van der Waals surface area contributed by atoms with Crippen LogP contribution in [0.4, 0.5) is 0 Å². The van der Waals surface area contributed by atoms with Crippen LogP contribution in [0.1, 0.15) is 46.5 Å². The Bertz CT molecular complexity index is 496. The summed E-state index contributed by atoms with van der Waals surface area (Å²) in [6.45, 7) is 26.4. The van der Waals surface area contributed by atoms with Crippen molar-refractivity contribution in [2.24, 2.45) is 11.8 Å². The van der Waals surface area contributed by atoms with Crippen molar-refractivity contribution in [2.45, 2.75) is 46.5 Å². The molecule has 0 radical (unpaired) electrons. The summed E-state index contributed by atoms with van der Waals surface area (Å²) in [6, 6.07) is 0. The zero-order valence-electron chi connectivity index (χ0n) is 15.4. The number of allylic oxidation sites excluding steroid dienone is 9. The van der Waals surface area contributed by atoms with E-state index in [4.69, 9.17) is 0 Å². The Labute approximate surface area is 144 Å². The first kappa shape index (κ1) is 21.2. The van der Waals surface area contributed by atoms with Crippen molar-refractivity contribution in [3.8, 4) is 0 Å². The first-order chi connectivity index (χ1) is 10.8. The van der Waals surface area contributed by atoms with Crippen LogP contribution in [0, 0.1) is 11.8 Å². The van der Waals surface area contributed by atoms with Gasteiger partial charge in [0.05, 0.1) is 0 Å². The average Bonchev–Trinajstić information content (AvgIpc) is 2.52. The van der Waals surface area contributed by atoms with Crippen LogP contribution in [0.3, 0.4) is 0 Å². The molecule has 0 saturated heterocycles. The highest BCUT2D eigenvalue weighted by Crippen LogP contribution is 2.22. The minimum atomic E-state index is 0.490. The van der Waals surface area contributed by atoms with E-state index in [0.717, 1.165) is 34.6 Å². The summed E-state index contributed by atoms with van der Waals surface area (Å²) in [5, 5.41) is 0. The van der Waals surface area contributed by atoms with Crippen molar-refractivity contribution in [3.63, 3.8) is 0 Å². The van der Waals surface area contributed by atoms with Crippen molar-refractivity contribution in [1.29, 1.82) is 0 Å². The van der Waals surface area contributed by atoms with Gasteiger partial charge in [-0.2, -0.15) is 0 Å². The van der Waals surface area contributed by atoms with Crippen molar-refractivity contribution in [3.05, 3.63) is 85.6 Å². The average molecular weight is 311 g/mol. The lowest BCUT2D eigenvalue weighted by molar-refractivity contribution is 0.442. The Morgan fingerprint density at radius 3 is 1.91 bits per heavy atom. The summed E-state index contributed by atoms with van der Waals surface area (Å²) in [4.78, 5) is 0. The summed E-state index contributed by atoms with van der Waals surface area (Å²) in [5.41, 5.74) is 3.98. The largest absolute Gasteiger partial charge is 0.103 e. The molecule has 0 rings (SSSR count). The van der Waals surface area contributed by atoms with Crippen LogP contribution in [0.5, 0.6) is 0 Å². The highest BCUT2D eigenvalue weighted by Gasteiger charge is 2.08. The van der Waals surface area contributed by atoms with E-state index in [-0.39, 0.29) is 0 Å². The molecule has 0 amide bonds. The van der Waals surface area contributed by atoms with Crippen LogP contribution in [0.2, 0.25) is 0 Å². The van der Waals surface area contributed by atoms with Gasteiger partial charge in [0, 0.05) is 0 Å². The van der Waals surface area contributed by atoms with E-state index in [9.17, 15) is 0 Å². The Kier molecular flexibility index (Phi) is 10.8. The molecule has 0 aromatic rings. The van der Waals surface area contributed by atoms with Crippen LogP contribution in [0.15, 0.2) is 85.6 Å². The van der Waals surface area contributed by atoms with Crippen LogP contribution in [-0.4, -0.2) is 0 Å². The Balaban J connectivity index is 4.34. The van der Waals surface area contributed by atoms with Gasteiger partial charge in [0.1, 0.15) is 0 Å². The fraction of sp³-hybridized carbons (Fsp3) is 0.391. The lowest BCUT2D eigenvalue weighted by atomic mass is 9.90. The molecular formula is C23H34. The van der Waals surface area contributed by atoms with Gasteiger partial charge in [0.15, 0.2) is 0 Å². The van der Waals surface area contributed by atoms with Gasteiger partial charge in [-0.05, 0) is 49.2 Å². The lowest BCUT2D eigenvalue weighted by Crippen LogP contribution is -2.01. The Hall–Kier alpha value is -1.82. The van der Waals surface area contributed by atoms with Crippen LogP contribution < -0.4 is 0 Å². The first-order valence-corrected chi connectivity index (χ1v) is 8.47. The molecule has 126 valence electrons. The van der Waals surface area contributed by atoms with E-state index in [2.05, 4.69) is 52.8 Å². The monoisotopic (exact) mass is 310 g/mol. The van der Waals surface area contributed by atoms with E-state index in [0.29, 0.717) is 5.92 Å². The third kappa shape index (κ3) is 10.5. The zero-order valence-corrected chi connectivity index (χ0v) is 15.4. The molecule has 0 spiro atoms. The van der Waals surface area contributed by atoms with Crippen molar-refractivity contribution >= 4 is 0 Å². The lowest BCUT2D eigenvalue weighted by Gasteiger charge is -2.15. The predicted molar refractivity (Wildman–Crippen MR) is 108 cm³/mol. The third-order valence-corrected chi connectivity index (χ3v) is 4.07. The summed E-state index contributed by atoms with van der Waals surface area (Å²) >= 11 is 0. The van der Waals surface area contributed by atoms with Gasteiger partial charge in [-0.15, -0.1) is 6.58 Å². The molecule has 0 saturated carbocycles. The SMILES string of the molecule is C=CCCC(C)CCC(C)C(=C)/C=C\C(=C)C(=C)/C=C\C(=C)C. The minimum absolute atomic E-state index is 0.490. The highest BCUT2D eigenvalue weighted by molar-refractivity contribution is 5.45. The summed E-state index contributed by atoms with van der Waals surface area (Å²) in [6.07, 6.45) is 14.7. The van der Waals surface area contributed by atoms with Crippen LogP contribution in [-0.2, 0) is 0 Å². The number of rotatable bonds is 12. The van der Waals surface area contributed by atoms with Crippen molar-refractivity contribution in [1.82, 2.24) is 0 Å². The van der Waals surface area contributed by atoms with E-state index in [1.807, 2.05) is 31.2 Å². The van der Waals surface area contributed by atoms with Gasteiger partial charge in [-0.25, -0.2) is 0 Å². The topological polar surface area (TPSA) is 0 Å². The molecular weight excluding hydrogens is 276 g/mol. The normalized spacial score (nSPS) is 13.9. The molecule has 0 N–H and O–H groups in total. The second-order valence-electron chi connectivity index (χ2n) is 6.59. The molecule has 0 heterocycles. The van der Waals surface area contributed by atoms with E-state index in [1.54, 1.807) is 0 Å². The molecule has 0 bridgehead atoms. The second kappa shape index (κ2) is 11.7. The molecule has 0 aliphatic rings. The maximum atomic E-state index is 4.19. The Morgan fingerprint density at radius 1 is 0.826 bits per heavy atom. The molecule has 23 heavy (non-hydrogen) atoms. The van der Waals surface area contributed by atoms with Gasteiger partial charge in [-0.3, -0.25) is 0 Å².